The predicted molar refractivity (Wildman–Crippen MR) is 136 cm³/mol. The summed E-state index contributed by atoms with van der Waals surface area (Å²) in [6.07, 6.45) is 7.88. The minimum atomic E-state index is -0.395. The van der Waals surface area contributed by atoms with Gasteiger partial charge in [-0.25, -0.2) is 4.98 Å². The second kappa shape index (κ2) is 10.5. The van der Waals surface area contributed by atoms with E-state index in [2.05, 4.69) is 23.7 Å². The van der Waals surface area contributed by atoms with Gasteiger partial charge in [-0.1, -0.05) is 32.6 Å². The number of amides is 1. The molecule has 0 aliphatic heterocycles. The zero-order valence-electron chi connectivity index (χ0n) is 20.1. The molecule has 2 heterocycles. The number of thiazole rings is 1. The van der Waals surface area contributed by atoms with Crippen molar-refractivity contribution in [3.05, 3.63) is 56.6 Å². The molecule has 0 radical (unpaired) electrons. The SMILES string of the molecule is CCCCNC(=O)c1c(C)c(-c2csc(-c3ccc([N+](=O)[O-])cc3)n2)n(C2CCCCC2)c1C. The van der Waals surface area contributed by atoms with Crippen molar-refractivity contribution < 1.29 is 9.72 Å². The zero-order valence-corrected chi connectivity index (χ0v) is 20.9. The fourth-order valence-corrected chi connectivity index (χ4v) is 5.82. The number of hydrogen-bond acceptors (Lipinski definition) is 5. The Morgan fingerprint density at radius 1 is 1.21 bits per heavy atom. The van der Waals surface area contributed by atoms with Crippen LogP contribution in [0.25, 0.3) is 22.0 Å². The van der Waals surface area contributed by atoms with Crippen molar-refractivity contribution in [1.29, 1.82) is 0 Å². The van der Waals surface area contributed by atoms with Gasteiger partial charge in [0.2, 0.25) is 0 Å². The van der Waals surface area contributed by atoms with E-state index in [4.69, 9.17) is 4.98 Å². The first-order valence-corrected chi connectivity index (χ1v) is 13.0. The molecule has 3 aromatic rings. The van der Waals surface area contributed by atoms with Crippen LogP contribution in [0.3, 0.4) is 0 Å². The van der Waals surface area contributed by atoms with Crippen LogP contribution in [0.4, 0.5) is 5.69 Å². The molecule has 1 N–H and O–H groups in total. The summed E-state index contributed by atoms with van der Waals surface area (Å²) in [5.41, 5.74) is 5.55. The molecule has 180 valence electrons. The largest absolute Gasteiger partial charge is 0.352 e. The fraction of sp³-hybridized carbons (Fsp3) is 0.462. The predicted octanol–water partition coefficient (Wildman–Crippen LogP) is 6.84. The second-order valence-corrected chi connectivity index (χ2v) is 9.91. The summed E-state index contributed by atoms with van der Waals surface area (Å²) >= 11 is 1.52. The lowest BCUT2D eigenvalue weighted by molar-refractivity contribution is -0.384. The Morgan fingerprint density at radius 3 is 2.56 bits per heavy atom. The Hall–Kier alpha value is -3.00. The summed E-state index contributed by atoms with van der Waals surface area (Å²) in [5, 5.41) is 16.9. The van der Waals surface area contributed by atoms with Gasteiger partial charge < -0.3 is 9.88 Å². The highest BCUT2D eigenvalue weighted by Gasteiger charge is 2.29. The van der Waals surface area contributed by atoms with E-state index in [1.54, 1.807) is 12.1 Å². The van der Waals surface area contributed by atoms with Crippen LogP contribution in [0.2, 0.25) is 0 Å². The summed E-state index contributed by atoms with van der Waals surface area (Å²) in [4.78, 5) is 28.7. The van der Waals surface area contributed by atoms with Crippen molar-refractivity contribution in [2.75, 3.05) is 6.54 Å². The number of non-ortho nitro benzene ring substituents is 1. The first-order chi connectivity index (χ1) is 16.4. The molecule has 1 aliphatic rings. The van der Waals surface area contributed by atoms with Crippen LogP contribution in [-0.4, -0.2) is 26.9 Å². The smallest absolute Gasteiger partial charge is 0.269 e. The molecule has 0 spiro atoms. The average molecular weight is 481 g/mol. The van der Waals surface area contributed by atoms with Gasteiger partial charge >= 0.3 is 0 Å². The number of nitrogens with zero attached hydrogens (tertiary/aromatic N) is 3. The topological polar surface area (TPSA) is 90.1 Å². The van der Waals surface area contributed by atoms with Crippen LogP contribution < -0.4 is 5.32 Å². The second-order valence-electron chi connectivity index (χ2n) is 9.05. The summed E-state index contributed by atoms with van der Waals surface area (Å²) in [7, 11) is 0. The van der Waals surface area contributed by atoms with Crippen molar-refractivity contribution in [2.24, 2.45) is 0 Å². The van der Waals surface area contributed by atoms with Crippen molar-refractivity contribution in [2.45, 2.75) is 71.8 Å². The van der Waals surface area contributed by atoms with E-state index in [1.165, 1.54) is 42.7 Å². The van der Waals surface area contributed by atoms with E-state index >= 15 is 0 Å². The number of nitro groups is 1. The molecule has 4 rings (SSSR count). The molecule has 1 amide bonds. The summed E-state index contributed by atoms with van der Waals surface area (Å²) in [6, 6.07) is 6.87. The molecule has 0 saturated heterocycles. The number of unbranched alkanes of at least 4 members (excludes halogenated alkanes) is 1. The Kier molecular flexibility index (Phi) is 7.46. The summed E-state index contributed by atoms with van der Waals surface area (Å²) in [6.45, 7) is 6.88. The number of carbonyl (C=O) groups is 1. The third-order valence-electron chi connectivity index (χ3n) is 6.75. The molecule has 2 aromatic heterocycles. The van der Waals surface area contributed by atoms with Crippen LogP contribution >= 0.6 is 11.3 Å². The molecule has 7 nitrogen and oxygen atoms in total. The standard InChI is InChI=1S/C26H32N4O3S/c1-4-5-15-27-25(31)23-17(2)24(29(18(23)3)20-9-7-6-8-10-20)22-16-34-26(28-22)19-11-13-21(14-12-19)30(32)33/h11-14,16,20H,4-10,15H2,1-3H3,(H,27,31). The summed E-state index contributed by atoms with van der Waals surface area (Å²) < 4.78 is 2.36. The Bertz CT molecular complexity index is 1170. The molecule has 1 aromatic carbocycles. The number of aromatic nitrogens is 2. The van der Waals surface area contributed by atoms with Crippen molar-refractivity contribution in [3.63, 3.8) is 0 Å². The van der Waals surface area contributed by atoms with Gasteiger partial charge in [0.05, 0.1) is 21.9 Å². The lowest BCUT2D eigenvalue weighted by Crippen LogP contribution is -2.25. The van der Waals surface area contributed by atoms with Gasteiger partial charge in [0, 0.05) is 41.4 Å². The van der Waals surface area contributed by atoms with Crippen molar-refractivity contribution in [3.8, 4) is 22.0 Å². The molecule has 1 saturated carbocycles. The van der Waals surface area contributed by atoms with Crippen LogP contribution in [0, 0.1) is 24.0 Å². The van der Waals surface area contributed by atoms with Crippen molar-refractivity contribution in [1.82, 2.24) is 14.9 Å². The quantitative estimate of drug-likeness (QED) is 0.217. The number of hydrogen-bond donors (Lipinski definition) is 1. The van der Waals surface area contributed by atoms with E-state index < -0.39 is 4.92 Å². The van der Waals surface area contributed by atoms with E-state index in [0.717, 1.165) is 64.5 Å². The maximum atomic E-state index is 13.2. The van der Waals surface area contributed by atoms with Gasteiger partial charge in [0.25, 0.3) is 11.6 Å². The molecule has 0 bridgehead atoms. The maximum absolute atomic E-state index is 13.2. The summed E-state index contributed by atoms with van der Waals surface area (Å²) in [5.74, 6) is -0.00918. The van der Waals surface area contributed by atoms with Crippen LogP contribution in [-0.2, 0) is 0 Å². The van der Waals surface area contributed by atoms with Gasteiger partial charge in [0.1, 0.15) is 5.01 Å². The normalized spacial score (nSPS) is 14.3. The van der Waals surface area contributed by atoms with E-state index in [9.17, 15) is 14.9 Å². The van der Waals surface area contributed by atoms with Crippen molar-refractivity contribution >= 4 is 22.9 Å². The average Bonchev–Trinajstić information content (AvgIpc) is 3.42. The van der Waals surface area contributed by atoms with Crippen LogP contribution in [0.5, 0.6) is 0 Å². The maximum Gasteiger partial charge on any atom is 0.269 e. The molecular formula is C26H32N4O3S. The Labute approximate surface area is 204 Å². The molecule has 8 heteroatoms. The first kappa shape index (κ1) is 24.1. The van der Waals surface area contributed by atoms with E-state index in [-0.39, 0.29) is 11.6 Å². The monoisotopic (exact) mass is 480 g/mol. The van der Waals surface area contributed by atoms with Gasteiger partial charge in [-0.2, -0.15) is 0 Å². The zero-order chi connectivity index (χ0) is 24.2. The van der Waals surface area contributed by atoms with E-state index in [1.807, 2.05) is 12.3 Å². The molecule has 0 atom stereocenters. The number of benzene rings is 1. The minimum Gasteiger partial charge on any atom is -0.352 e. The number of carbonyl (C=O) groups excluding carboxylic acids is 1. The number of rotatable bonds is 8. The molecular weight excluding hydrogens is 448 g/mol. The molecule has 1 fully saturated rings. The van der Waals surface area contributed by atoms with Gasteiger partial charge in [0.15, 0.2) is 0 Å². The minimum absolute atomic E-state index is 0.00918. The highest BCUT2D eigenvalue weighted by atomic mass is 32.1. The highest BCUT2D eigenvalue weighted by molar-refractivity contribution is 7.13. The van der Waals surface area contributed by atoms with Gasteiger partial charge in [-0.15, -0.1) is 11.3 Å². The number of nitrogens with one attached hydrogen (secondary N) is 1. The Balaban J connectivity index is 1.75. The third kappa shape index (κ3) is 4.78. The lowest BCUT2D eigenvalue weighted by atomic mass is 9.95. The third-order valence-corrected chi connectivity index (χ3v) is 7.64. The molecule has 34 heavy (non-hydrogen) atoms. The fourth-order valence-electron chi connectivity index (χ4n) is 5.01. The molecule has 1 aliphatic carbocycles. The van der Waals surface area contributed by atoms with Crippen LogP contribution in [0.15, 0.2) is 29.6 Å². The van der Waals surface area contributed by atoms with Gasteiger partial charge in [-0.05, 0) is 50.8 Å². The van der Waals surface area contributed by atoms with Crippen LogP contribution in [0.1, 0.15) is 79.5 Å². The van der Waals surface area contributed by atoms with E-state index in [0.29, 0.717) is 12.6 Å². The number of nitro benzene ring substituents is 1. The lowest BCUT2D eigenvalue weighted by Gasteiger charge is -2.27. The first-order valence-electron chi connectivity index (χ1n) is 12.1. The highest BCUT2D eigenvalue weighted by Crippen LogP contribution is 2.40. The van der Waals surface area contributed by atoms with Gasteiger partial charge in [-0.3, -0.25) is 14.9 Å². The molecule has 0 unspecified atom stereocenters. The Morgan fingerprint density at radius 2 is 1.91 bits per heavy atom.